The summed E-state index contributed by atoms with van der Waals surface area (Å²) in [5.41, 5.74) is 3.24. The van der Waals surface area contributed by atoms with Gasteiger partial charge in [-0.05, 0) is 65.0 Å². The van der Waals surface area contributed by atoms with Crippen LogP contribution in [0.4, 0.5) is 16.2 Å². The van der Waals surface area contributed by atoms with Gasteiger partial charge in [0.2, 0.25) is 5.91 Å². The highest BCUT2D eigenvalue weighted by molar-refractivity contribution is 6.30. The summed E-state index contributed by atoms with van der Waals surface area (Å²) in [5, 5.41) is 24.0. The second-order valence-electron chi connectivity index (χ2n) is 9.02. The number of benzene rings is 2. The Hall–Kier alpha value is -4.81. The van der Waals surface area contributed by atoms with Gasteiger partial charge in [-0.15, -0.1) is 5.10 Å². The smallest absolute Gasteiger partial charge is 0.411 e. The minimum Gasteiger partial charge on any atom is -0.465 e. The monoisotopic (exact) mass is 592 g/mol. The highest BCUT2D eigenvalue weighted by Crippen LogP contribution is 2.32. The van der Waals surface area contributed by atoms with Crippen LogP contribution in [0.2, 0.25) is 10.2 Å². The van der Waals surface area contributed by atoms with Crippen LogP contribution in [0.1, 0.15) is 22.9 Å². The highest BCUT2D eigenvalue weighted by atomic mass is 35.5. The molecule has 14 heteroatoms. The number of fused-ring (bicyclic) bond motifs is 1. The van der Waals surface area contributed by atoms with E-state index >= 15 is 0 Å². The number of hydrogen-bond acceptors (Lipinski definition) is 7. The molecule has 1 atom stereocenters. The number of amides is 3. The molecule has 0 aliphatic carbocycles. The van der Waals surface area contributed by atoms with Gasteiger partial charge in [-0.2, -0.15) is 4.68 Å². The van der Waals surface area contributed by atoms with Crippen LogP contribution in [0.15, 0.2) is 67.0 Å². The number of pyridine rings is 1. The van der Waals surface area contributed by atoms with Gasteiger partial charge in [0.15, 0.2) is 0 Å². The first kappa shape index (κ1) is 27.7. The van der Waals surface area contributed by atoms with Crippen LogP contribution in [0.3, 0.4) is 0 Å². The van der Waals surface area contributed by atoms with Crippen molar-refractivity contribution in [2.24, 2.45) is 0 Å². The second kappa shape index (κ2) is 11.7. The van der Waals surface area contributed by atoms with Crippen molar-refractivity contribution in [3.63, 3.8) is 0 Å². The van der Waals surface area contributed by atoms with E-state index < -0.39 is 23.9 Å². The van der Waals surface area contributed by atoms with Crippen molar-refractivity contribution >= 4 is 58.6 Å². The van der Waals surface area contributed by atoms with E-state index in [9.17, 15) is 19.5 Å². The average Bonchev–Trinajstić information content (AvgIpc) is 3.50. The van der Waals surface area contributed by atoms with Crippen molar-refractivity contribution in [2.45, 2.75) is 12.5 Å². The normalized spacial score (nSPS) is 14.5. The summed E-state index contributed by atoms with van der Waals surface area (Å²) in [4.78, 5) is 45.3. The fourth-order valence-corrected chi connectivity index (χ4v) is 4.81. The number of aromatic nitrogens is 5. The quantitative estimate of drug-likeness (QED) is 0.249. The fraction of sp³-hybridized carbons (Fsp3) is 0.148. The second-order valence-corrected chi connectivity index (χ2v) is 9.85. The zero-order valence-corrected chi connectivity index (χ0v) is 23.0. The first-order chi connectivity index (χ1) is 19.7. The minimum absolute atomic E-state index is 0.222. The van der Waals surface area contributed by atoms with Crippen LogP contribution in [0.5, 0.6) is 0 Å². The first-order valence-corrected chi connectivity index (χ1v) is 13.0. The van der Waals surface area contributed by atoms with Crippen molar-refractivity contribution in [1.29, 1.82) is 0 Å². The van der Waals surface area contributed by atoms with E-state index in [1.165, 1.54) is 29.0 Å². The summed E-state index contributed by atoms with van der Waals surface area (Å²) in [5.74, 6) is -0.875. The number of nitrogens with one attached hydrogen (secondary N) is 1. The van der Waals surface area contributed by atoms with Crippen LogP contribution in [0.25, 0.3) is 11.8 Å². The van der Waals surface area contributed by atoms with Crippen molar-refractivity contribution in [1.82, 2.24) is 30.1 Å². The number of nitrogens with zero attached hydrogens (tertiary/aromatic N) is 7. The van der Waals surface area contributed by atoms with Gasteiger partial charge in [0.05, 0.1) is 5.69 Å². The van der Waals surface area contributed by atoms with Crippen molar-refractivity contribution in [3.8, 4) is 5.69 Å². The van der Waals surface area contributed by atoms with E-state index in [1.54, 1.807) is 60.7 Å². The van der Waals surface area contributed by atoms with Crippen LogP contribution in [-0.4, -0.2) is 66.7 Å². The van der Waals surface area contributed by atoms with Crippen LogP contribution in [-0.2, 0) is 16.0 Å². The molecular formula is C27H22Cl2N8O4. The lowest BCUT2D eigenvalue weighted by Gasteiger charge is -2.35. The summed E-state index contributed by atoms with van der Waals surface area (Å²) in [6.45, 7) is 0.222. The molecule has 0 spiro atoms. The van der Waals surface area contributed by atoms with E-state index in [1.807, 2.05) is 0 Å². The minimum atomic E-state index is -1.11. The maximum absolute atomic E-state index is 13.6. The first-order valence-electron chi connectivity index (χ1n) is 12.3. The molecular weight excluding hydrogens is 571 g/mol. The number of rotatable bonds is 6. The van der Waals surface area contributed by atoms with Gasteiger partial charge in [0.1, 0.15) is 17.5 Å². The topological polar surface area (TPSA) is 146 Å². The molecule has 41 heavy (non-hydrogen) atoms. The number of carboxylic acid groups (broad SMARTS) is 1. The maximum Gasteiger partial charge on any atom is 0.411 e. The molecule has 1 unspecified atom stereocenters. The van der Waals surface area contributed by atoms with Gasteiger partial charge >= 0.3 is 6.09 Å². The molecule has 3 heterocycles. The van der Waals surface area contributed by atoms with Gasteiger partial charge in [-0.1, -0.05) is 29.3 Å². The Morgan fingerprint density at radius 2 is 1.88 bits per heavy atom. The molecule has 2 aromatic heterocycles. The molecule has 0 radical (unpaired) electrons. The molecule has 12 nitrogen and oxygen atoms in total. The lowest BCUT2D eigenvalue weighted by molar-refractivity contribution is -0.135. The van der Waals surface area contributed by atoms with Crippen LogP contribution < -0.4 is 10.2 Å². The standard InChI is InChI=1S/C27H22Cl2N8O4/c1-35(27(40)41)19-6-4-18(5-7-19)31-26(39)25-20-8-10-23(29)32-21(20)12-13-36(25)24(38)11-2-16-14-17(28)3-9-22(16)37-15-30-33-34-37/h2-11,14-15,25H,12-13H2,1H3,(H,31,39)(H,40,41). The molecule has 0 fully saturated rings. The number of anilines is 2. The fourth-order valence-electron chi connectivity index (χ4n) is 4.46. The maximum atomic E-state index is 13.6. The summed E-state index contributed by atoms with van der Waals surface area (Å²) >= 11 is 12.3. The zero-order valence-electron chi connectivity index (χ0n) is 21.5. The summed E-state index contributed by atoms with van der Waals surface area (Å²) < 4.78 is 1.45. The lowest BCUT2D eigenvalue weighted by Crippen LogP contribution is -2.45. The Bertz CT molecular complexity index is 1640. The molecule has 4 aromatic rings. The summed E-state index contributed by atoms with van der Waals surface area (Å²) in [7, 11) is 1.42. The SMILES string of the molecule is CN(C(=O)O)c1ccc(NC(=O)C2c3ccc(Cl)nc3CCN2C(=O)C=Cc2cc(Cl)ccc2-n2cnnn2)cc1. The molecule has 1 aliphatic heterocycles. The molecule has 5 rings (SSSR count). The average molecular weight is 593 g/mol. The van der Waals surface area contributed by atoms with E-state index in [4.69, 9.17) is 23.2 Å². The lowest BCUT2D eigenvalue weighted by atomic mass is 9.95. The van der Waals surface area contributed by atoms with Gasteiger partial charge in [-0.3, -0.25) is 14.5 Å². The summed E-state index contributed by atoms with van der Waals surface area (Å²) in [6.07, 6.45) is 3.67. The Labute approximate surface area is 243 Å². The van der Waals surface area contributed by atoms with Gasteiger partial charge in [0, 0.05) is 59.3 Å². The molecule has 0 saturated carbocycles. The van der Waals surface area contributed by atoms with Crippen molar-refractivity contribution in [2.75, 3.05) is 23.8 Å². The van der Waals surface area contributed by atoms with Crippen molar-refractivity contribution < 1.29 is 19.5 Å². The number of tetrazole rings is 1. The van der Waals surface area contributed by atoms with Crippen molar-refractivity contribution in [3.05, 3.63) is 94.0 Å². The Balaban J connectivity index is 1.43. The molecule has 0 saturated heterocycles. The summed E-state index contributed by atoms with van der Waals surface area (Å²) in [6, 6.07) is 13.7. The Morgan fingerprint density at radius 1 is 1.10 bits per heavy atom. The number of carbonyl (C=O) groups excluding carboxylic acids is 2. The van der Waals surface area contributed by atoms with Gasteiger partial charge in [-0.25, -0.2) is 9.78 Å². The molecule has 208 valence electrons. The third-order valence-corrected chi connectivity index (χ3v) is 6.95. The molecule has 1 aliphatic rings. The van der Waals surface area contributed by atoms with Gasteiger partial charge in [0.25, 0.3) is 5.91 Å². The molecule has 2 aromatic carbocycles. The van der Waals surface area contributed by atoms with E-state index in [0.717, 1.165) is 4.90 Å². The van der Waals surface area contributed by atoms with Crippen LogP contribution in [0, 0.1) is 0 Å². The molecule has 0 bridgehead atoms. The highest BCUT2D eigenvalue weighted by Gasteiger charge is 2.36. The number of hydrogen-bond donors (Lipinski definition) is 2. The predicted molar refractivity (Wildman–Crippen MR) is 152 cm³/mol. The molecule has 3 amide bonds. The van der Waals surface area contributed by atoms with E-state index in [2.05, 4.69) is 25.8 Å². The number of carbonyl (C=O) groups is 3. The third-order valence-electron chi connectivity index (χ3n) is 6.50. The van der Waals surface area contributed by atoms with Crippen LogP contribution >= 0.6 is 23.2 Å². The predicted octanol–water partition coefficient (Wildman–Crippen LogP) is 4.26. The Kier molecular flexibility index (Phi) is 7.95. The largest absolute Gasteiger partial charge is 0.465 e. The van der Waals surface area contributed by atoms with E-state index in [-0.39, 0.29) is 11.7 Å². The third kappa shape index (κ3) is 6.03. The van der Waals surface area contributed by atoms with Gasteiger partial charge < -0.3 is 15.3 Å². The zero-order chi connectivity index (χ0) is 29.1. The number of halogens is 2. The Morgan fingerprint density at radius 3 is 2.59 bits per heavy atom. The van der Waals surface area contributed by atoms with E-state index in [0.29, 0.717) is 45.3 Å². The molecule has 2 N–H and O–H groups in total.